The van der Waals surface area contributed by atoms with Crippen LogP contribution in [0, 0.1) is 6.92 Å². The van der Waals surface area contributed by atoms with Crippen molar-refractivity contribution in [3.8, 4) is 0 Å². The Morgan fingerprint density at radius 3 is 1.81 bits per heavy atom. The first kappa shape index (κ1) is 11.0. The van der Waals surface area contributed by atoms with E-state index in [-0.39, 0.29) is 5.78 Å². The Balaban J connectivity index is 2.32. The van der Waals surface area contributed by atoms with Crippen LogP contribution in [0.15, 0.2) is 53.4 Å². The maximum absolute atomic E-state index is 12.0. The van der Waals surface area contributed by atoms with Gasteiger partial charge in [0.2, 0.25) is 0 Å². The second kappa shape index (κ2) is 4.54. The molecule has 0 fully saturated rings. The fourth-order valence-electron chi connectivity index (χ4n) is 1.48. The Kier molecular flexibility index (Phi) is 3.11. The normalized spacial score (nSPS) is 10.1. The van der Waals surface area contributed by atoms with Crippen LogP contribution in [0.25, 0.3) is 0 Å². The molecule has 0 saturated carbocycles. The molecule has 0 N–H and O–H groups in total. The van der Waals surface area contributed by atoms with Crippen LogP contribution in [0.2, 0.25) is 0 Å². The summed E-state index contributed by atoms with van der Waals surface area (Å²) in [6.07, 6.45) is 0. The Morgan fingerprint density at radius 1 is 0.875 bits per heavy atom. The zero-order valence-electron chi connectivity index (χ0n) is 8.97. The first-order valence-corrected chi connectivity index (χ1v) is 5.52. The molecule has 0 aliphatic carbocycles. The predicted molar refractivity (Wildman–Crippen MR) is 68.3 cm³/mol. The van der Waals surface area contributed by atoms with Crippen molar-refractivity contribution in [3.63, 3.8) is 0 Å². The molecular weight excluding hydrogens is 216 g/mol. The average molecular weight is 228 g/mol. The van der Waals surface area contributed by atoms with E-state index in [4.69, 9.17) is 0 Å². The van der Waals surface area contributed by atoms with E-state index in [2.05, 4.69) is 12.6 Å². The Hall–Kier alpha value is -1.54. The lowest BCUT2D eigenvalue weighted by molar-refractivity contribution is 0.103. The Bertz CT molecular complexity index is 450. The lowest BCUT2D eigenvalue weighted by atomic mass is 10.0. The number of benzene rings is 2. The second-order valence-electron chi connectivity index (χ2n) is 3.74. The van der Waals surface area contributed by atoms with Crippen molar-refractivity contribution in [1.29, 1.82) is 0 Å². The van der Waals surface area contributed by atoms with Crippen molar-refractivity contribution in [1.82, 2.24) is 0 Å². The summed E-state index contributed by atoms with van der Waals surface area (Å²) in [5, 5.41) is 0. The number of rotatable bonds is 2. The molecular formula is C14H12OS. The molecule has 0 radical (unpaired) electrons. The zero-order chi connectivity index (χ0) is 11.5. The molecule has 80 valence electrons. The quantitative estimate of drug-likeness (QED) is 0.615. The van der Waals surface area contributed by atoms with Crippen molar-refractivity contribution in [2.45, 2.75) is 11.8 Å². The van der Waals surface area contributed by atoms with Gasteiger partial charge in [-0.25, -0.2) is 0 Å². The number of thiol groups is 1. The number of hydrogen-bond acceptors (Lipinski definition) is 2. The maximum atomic E-state index is 12.0. The second-order valence-corrected chi connectivity index (χ2v) is 4.26. The topological polar surface area (TPSA) is 17.1 Å². The van der Waals surface area contributed by atoms with Crippen LogP contribution in [-0.4, -0.2) is 5.78 Å². The summed E-state index contributed by atoms with van der Waals surface area (Å²) in [4.78, 5) is 12.9. The van der Waals surface area contributed by atoms with Crippen molar-refractivity contribution < 1.29 is 4.79 Å². The molecule has 0 aliphatic heterocycles. The van der Waals surface area contributed by atoms with Crippen LogP contribution in [0.4, 0.5) is 0 Å². The highest BCUT2D eigenvalue weighted by molar-refractivity contribution is 7.80. The number of carbonyl (C=O) groups is 1. The molecule has 2 aromatic carbocycles. The summed E-state index contributed by atoms with van der Waals surface area (Å²) in [5.41, 5.74) is 2.57. The van der Waals surface area contributed by atoms with Gasteiger partial charge in [0, 0.05) is 16.0 Å². The fraction of sp³-hybridized carbons (Fsp3) is 0.0714. The minimum Gasteiger partial charge on any atom is -0.289 e. The highest BCUT2D eigenvalue weighted by atomic mass is 32.1. The van der Waals surface area contributed by atoms with Gasteiger partial charge in [-0.15, -0.1) is 12.6 Å². The van der Waals surface area contributed by atoms with Crippen LogP contribution >= 0.6 is 12.6 Å². The highest BCUT2D eigenvalue weighted by Gasteiger charge is 2.07. The molecule has 0 spiro atoms. The van der Waals surface area contributed by atoms with E-state index in [1.807, 2.05) is 43.3 Å². The summed E-state index contributed by atoms with van der Waals surface area (Å²) in [6, 6.07) is 14.8. The molecule has 2 aromatic rings. The van der Waals surface area contributed by atoms with E-state index < -0.39 is 0 Å². The molecule has 0 aromatic heterocycles. The minimum absolute atomic E-state index is 0.0494. The number of hydrogen-bond donors (Lipinski definition) is 1. The van der Waals surface area contributed by atoms with Crippen molar-refractivity contribution >= 4 is 18.4 Å². The number of carbonyl (C=O) groups excluding carboxylic acids is 1. The van der Waals surface area contributed by atoms with Gasteiger partial charge >= 0.3 is 0 Å². The molecule has 0 bridgehead atoms. The summed E-state index contributed by atoms with van der Waals surface area (Å²) < 4.78 is 0. The molecule has 16 heavy (non-hydrogen) atoms. The van der Waals surface area contributed by atoms with Crippen LogP contribution < -0.4 is 0 Å². The van der Waals surface area contributed by atoms with E-state index >= 15 is 0 Å². The van der Waals surface area contributed by atoms with Crippen LogP contribution in [0.3, 0.4) is 0 Å². The van der Waals surface area contributed by atoms with E-state index in [1.165, 1.54) is 0 Å². The molecule has 0 amide bonds. The van der Waals surface area contributed by atoms with Crippen molar-refractivity contribution in [3.05, 3.63) is 65.2 Å². The number of aryl methyl sites for hydroxylation is 1. The van der Waals surface area contributed by atoms with E-state index in [1.54, 1.807) is 12.1 Å². The van der Waals surface area contributed by atoms with Crippen molar-refractivity contribution in [2.24, 2.45) is 0 Å². The Labute approximate surface area is 101 Å². The van der Waals surface area contributed by atoms with Crippen LogP contribution in [0.1, 0.15) is 21.5 Å². The van der Waals surface area contributed by atoms with E-state index in [9.17, 15) is 4.79 Å². The molecule has 0 unspecified atom stereocenters. The molecule has 0 heterocycles. The van der Waals surface area contributed by atoms with E-state index in [0.717, 1.165) is 16.0 Å². The number of ketones is 1. The van der Waals surface area contributed by atoms with Gasteiger partial charge in [-0.2, -0.15) is 0 Å². The molecule has 0 atom stereocenters. The lowest BCUT2D eigenvalue weighted by Gasteiger charge is -2.02. The molecule has 2 heteroatoms. The maximum Gasteiger partial charge on any atom is 0.193 e. The standard InChI is InChI=1S/C14H12OS/c1-10-2-4-11(5-3-10)14(15)12-6-8-13(16)9-7-12/h2-9,16H,1H3. The Morgan fingerprint density at radius 2 is 1.31 bits per heavy atom. The van der Waals surface area contributed by atoms with Gasteiger partial charge in [-0.1, -0.05) is 29.8 Å². The SMILES string of the molecule is Cc1ccc(C(=O)c2ccc(S)cc2)cc1. The predicted octanol–water partition coefficient (Wildman–Crippen LogP) is 3.51. The average Bonchev–Trinajstić information content (AvgIpc) is 2.30. The van der Waals surface area contributed by atoms with Gasteiger partial charge < -0.3 is 0 Å². The van der Waals surface area contributed by atoms with E-state index in [0.29, 0.717) is 5.56 Å². The lowest BCUT2D eigenvalue weighted by Crippen LogP contribution is -2.00. The van der Waals surface area contributed by atoms with Crippen LogP contribution in [-0.2, 0) is 0 Å². The van der Waals surface area contributed by atoms with Gasteiger partial charge in [-0.05, 0) is 31.2 Å². The molecule has 2 rings (SSSR count). The van der Waals surface area contributed by atoms with Gasteiger partial charge in [0.25, 0.3) is 0 Å². The monoisotopic (exact) mass is 228 g/mol. The third kappa shape index (κ3) is 2.34. The van der Waals surface area contributed by atoms with Gasteiger partial charge in [0.15, 0.2) is 5.78 Å². The summed E-state index contributed by atoms with van der Waals surface area (Å²) >= 11 is 4.19. The third-order valence-corrected chi connectivity index (χ3v) is 2.74. The van der Waals surface area contributed by atoms with Crippen LogP contribution in [0.5, 0.6) is 0 Å². The first-order valence-electron chi connectivity index (χ1n) is 5.07. The van der Waals surface area contributed by atoms with Crippen molar-refractivity contribution in [2.75, 3.05) is 0 Å². The minimum atomic E-state index is 0.0494. The molecule has 0 aliphatic rings. The molecule has 0 saturated heterocycles. The highest BCUT2D eigenvalue weighted by Crippen LogP contribution is 2.13. The van der Waals surface area contributed by atoms with Gasteiger partial charge in [0.1, 0.15) is 0 Å². The van der Waals surface area contributed by atoms with Gasteiger partial charge in [-0.3, -0.25) is 4.79 Å². The largest absolute Gasteiger partial charge is 0.289 e. The summed E-state index contributed by atoms with van der Waals surface area (Å²) in [7, 11) is 0. The smallest absolute Gasteiger partial charge is 0.193 e. The zero-order valence-corrected chi connectivity index (χ0v) is 9.87. The third-order valence-electron chi connectivity index (χ3n) is 2.44. The molecule has 1 nitrogen and oxygen atoms in total. The first-order chi connectivity index (χ1) is 7.66. The summed E-state index contributed by atoms with van der Waals surface area (Å²) in [5.74, 6) is 0.0494. The van der Waals surface area contributed by atoms with Gasteiger partial charge in [0.05, 0.1) is 0 Å². The summed E-state index contributed by atoms with van der Waals surface area (Å²) in [6.45, 7) is 2.00. The fourth-order valence-corrected chi connectivity index (χ4v) is 1.63.